The molecule has 2 N–H and O–H groups in total. The molecule has 0 saturated carbocycles. The van der Waals surface area contributed by atoms with E-state index in [-0.39, 0.29) is 24.0 Å². The van der Waals surface area contributed by atoms with Crippen molar-refractivity contribution in [3.05, 3.63) is 35.4 Å². The Morgan fingerprint density at radius 1 is 1.21 bits per heavy atom. The van der Waals surface area contributed by atoms with Crippen molar-refractivity contribution in [2.24, 2.45) is 10.9 Å². The van der Waals surface area contributed by atoms with E-state index < -0.39 is 0 Å². The molecule has 1 aliphatic heterocycles. The monoisotopic (exact) mass is 444 g/mol. The summed E-state index contributed by atoms with van der Waals surface area (Å²) in [5, 5.41) is 6.84. The first-order valence-corrected chi connectivity index (χ1v) is 8.98. The maximum atomic E-state index is 4.73. The van der Waals surface area contributed by atoms with Crippen LogP contribution in [0.1, 0.15) is 37.8 Å². The molecule has 1 aromatic carbocycles. The molecule has 0 bridgehead atoms. The Morgan fingerprint density at radius 3 is 2.58 bits per heavy atom. The van der Waals surface area contributed by atoms with Crippen molar-refractivity contribution in [3.63, 3.8) is 0 Å². The summed E-state index contributed by atoms with van der Waals surface area (Å²) in [7, 11) is 0. The van der Waals surface area contributed by atoms with E-state index >= 15 is 0 Å². The molecule has 0 radical (unpaired) electrons. The van der Waals surface area contributed by atoms with Gasteiger partial charge < -0.3 is 15.5 Å². The zero-order valence-electron chi connectivity index (χ0n) is 15.3. The standard InChI is InChI=1S/C19H32N4.HI/c1-4-20-19(22-14-18-10-6-5-9-17(18)3)21-13-16(2)15-23-11-7-8-12-23;/h5-6,9-10,16H,4,7-8,11-15H2,1-3H3,(H2,20,21,22);1H. The number of rotatable bonds is 7. The van der Waals surface area contributed by atoms with Crippen LogP contribution in [0.3, 0.4) is 0 Å². The van der Waals surface area contributed by atoms with Crippen LogP contribution in [-0.2, 0) is 6.54 Å². The fourth-order valence-electron chi connectivity index (χ4n) is 3.03. The maximum absolute atomic E-state index is 4.73. The van der Waals surface area contributed by atoms with Gasteiger partial charge >= 0.3 is 0 Å². The molecular formula is C19H33IN4. The number of likely N-dealkylation sites (tertiary alicyclic amines) is 1. The fourth-order valence-corrected chi connectivity index (χ4v) is 3.03. The fraction of sp³-hybridized carbons (Fsp3) is 0.632. The Balaban J connectivity index is 0.00000288. The van der Waals surface area contributed by atoms with Crippen LogP contribution < -0.4 is 10.6 Å². The van der Waals surface area contributed by atoms with Crippen LogP contribution in [0.4, 0.5) is 0 Å². The van der Waals surface area contributed by atoms with Crippen LogP contribution in [0, 0.1) is 12.8 Å². The SMILES string of the molecule is CCNC(=NCc1ccccc1C)NCC(C)CN1CCCC1.I. The lowest BCUT2D eigenvalue weighted by Crippen LogP contribution is -2.41. The van der Waals surface area contributed by atoms with Crippen LogP contribution in [-0.4, -0.2) is 43.6 Å². The summed E-state index contributed by atoms with van der Waals surface area (Å²) in [5.74, 6) is 1.56. The third kappa shape index (κ3) is 7.38. The van der Waals surface area contributed by atoms with E-state index in [2.05, 4.69) is 60.6 Å². The molecule has 136 valence electrons. The third-order valence-corrected chi connectivity index (χ3v) is 4.40. The van der Waals surface area contributed by atoms with Gasteiger partial charge in [0, 0.05) is 19.6 Å². The van der Waals surface area contributed by atoms with Crippen LogP contribution in [0.25, 0.3) is 0 Å². The number of hydrogen-bond donors (Lipinski definition) is 2. The van der Waals surface area contributed by atoms with E-state index in [9.17, 15) is 0 Å². The minimum atomic E-state index is 0. The highest BCUT2D eigenvalue weighted by atomic mass is 127. The van der Waals surface area contributed by atoms with Gasteiger partial charge in [-0.15, -0.1) is 24.0 Å². The summed E-state index contributed by atoms with van der Waals surface area (Å²) in [5.41, 5.74) is 2.59. The largest absolute Gasteiger partial charge is 0.357 e. The van der Waals surface area contributed by atoms with Crippen molar-refractivity contribution in [1.82, 2.24) is 15.5 Å². The van der Waals surface area contributed by atoms with E-state index in [1.54, 1.807) is 0 Å². The minimum Gasteiger partial charge on any atom is -0.357 e. The molecular weight excluding hydrogens is 411 g/mol. The van der Waals surface area contributed by atoms with Crippen molar-refractivity contribution in [1.29, 1.82) is 0 Å². The predicted octanol–water partition coefficient (Wildman–Crippen LogP) is 3.40. The number of aryl methyl sites for hydroxylation is 1. The molecule has 1 fully saturated rings. The van der Waals surface area contributed by atoms with Gasteiger partial charge in [-0.05, 0) is 56.8 Å². The Hall–Kier alpha value is -0.820. The number of aliphatic imine (C=N–C) groups is 1. The summed E-state index contributed by atoms with van der Waals surface area (Å²) < 4.78 is 0. The summed E-state index contributed by atoms with van der Waals surface area (Å²) in [6.07, 6.45) is 2.72. The number of hydrogen-bond acceptors (Lipinski definition) is 2. The van der Waals surface area contributed by atoms with Crippen LogP contribution in [0.2, 0.25) is 0 Å². The molecule has 4 nitrogen and oxygen atoms in total. The number of nitrogens with one attached hydrogen (secondary N) is 2. The predicted molar refractivity (Wildman–Crippen MR) is 114 cm³/mol. The van der Waals surface area contributed by atoms with Crippen molar-refractivity contribution in [2.75, 3.05) is 32.7 Å². The zero-order chi connectivity index (χ0) is 16.5. The summed E-state index contributed by atoms with van der Waals surface area (Å²) >= 11 is 0. The van der Waals surface area contributed by atoms with E-state index in [0.717, 1.165) is 25.6 Å². The Bertz CT molecular complexity index is 498. The summed E-state index contributed by atoms with van der Waals surface area (Å²) in [6.45, 7) is 12.9. The van der Waals surface area contributed by atoms with E-state index in [1.165, 1.54) is 43.6 Å². The first-order valence-electron chi connectivity index (χ1n) is 8.98. The molecule has 1 heterocycles. The number of nitrogens with zero attached hydrogens (tertiary/aromatic N) is 2. The lowest BCUT2D eigenvalue weighted by Gasteiger charge is -2.21. The van der Waals surface area contributed by atoms with Crippen molar-refractivity contribution >= 4 is 29.9 Å². The lowest BCUT2D eigenvalue weighted by molar-refractivity contribution is 0.287. The van der Waals surface area contributed by atoms with E-state index in [0.29, 0.717) is 5.92 Å². The molecule has 2 rings (SSSR count). The molecule has 0 aromatic heterocycles. The highest BCUT2D eigenvalue weighted by Gasteiger charge is 2.14. The molecule has 5 heteroatoms. The summed E-state index contributed by atoms with van der Waals surface area (Å²) in [6, 6.07) is 8.45. The van der Waals surface area contributed by atoms with Crippen LogP contribution >= 0.6 is 24.0 Å². The van der Waals surface area contributed by atoms with Gasteiger partial charge in [0.15, 0.2) is 5.96 Å². The quantitative estimate of drug-likeness (QED) is 0.385. The van der Waals surface area contributed by atoms with E-state index in [4.69, 9.17) is 4.99 Å². The minimum absolute atomic E-state index is 0. The van der Waals surface area contributed by atoms with Gasteiger partial charge in [0.25, 0.3) is 0 Å². The van der Waals surface area contributed by atoms with Gasteiger partial charge in [0.05, 0.1) is 6.54 Å². The van der Waals surface area contributed by atoms with Crippen molar-refractivity contribution in [2.45, 2.75) is 40.2 Å². The number of halogens is 1. The molecule has 1 unspecified atom stereocenters. The average Bonchev–Trinajstić information content (AvgIpc) is 3.04. The normalized spacial score (nSPS) is 16.5. The molecule has 24 heavy (non-hydrogen) atoms. The van der Waals surface area contributed by atoms with Crippen molar-refractivity contribution in [3.8, 4) is 0 Å². The van der Waals surface area contributed by atoms with Gasteiger partial charge in [0.1, 0.15) is 0 Å². The molecule has 1 aliphatic rings. The van der Waals surface area contributed by atoms with Gasteiger partial charge in [0.2, 0.25) is 0 Å². The van der Waals surface area contributed by atoms with Gasteiger partial charge in [-0.1, -0.05) is 31.2 Å². The molecule has 1 atom stereocenters. The molecule has 0 amide bonds. The maximum Gasteiger partial charge on any atom is 0.191 e. The molecule has 0 spiro atoms. The second-order valence-electron chi connectivity index (χ2n) is 6.62. The third-order valence-electron chi connectivity index (χ3n) is 4.40. The molecule has 1 saturated heterocycles. The Labute approximate surface area is 164 Å². The van der Waals surface area contributed by atoms with E-state index in [1.807, 2.05) is 0 Å². The molecule has 1 aromatic rings. The Kier molecular flexibility index (Phi) is 10.3. The van der Waals surface area contributed by atoms with Gasteiger partial charge in [-0.25, -0.2) is 4.99 Å². The second-order valence-corrected chi connectivity index (χ2v) is 6.62. The van der Waals surface area contributed by atoms with Crippen molar-refractivity contribution < 1.29 is 0 Å². The second kappa shape index (κ2) is 11.7. The smallest absolute Gasteiger partial charge is 0.191 e. The van der Waals surface area contributed by atoms with Crippen LogP contribution in [0.15, 0.2) is 29.3 Å². The Morgan fingerprint density at radius 2 is 1.92 bits per heavy atom. The average molecular weight is 444 g/mol. The number of guanidine groups is 1. The first kappa shape index (κ1) is 21.2. The van der Waals surface area contributed by atoms with Gasteiger partial charge in [-0.3, -0.25) is 0 Å². The molecule has 0 aliphatic carbocycles. The highest BCUT2D eigenvalue weighted by molar-refractivity contribution is 14.0. The summed E-state index contributed by atoms with van der Waals surface area (Å²) in [4.78, 5) is 7.30. The highest BCUT2D eigenvalue weighted by Crippen LogP contribution is 2.10. The zero-order valence-corrected chi connectivity index (χ0v) is 17.7. The van der Waals surface area contributed by atoms with Crippen LogP contribution in [0.5, 0.6) is 0 Å². The lowest BCUT2D eigenvalue weighted by atomic mass is 10.1. The first-order chi connectivity index (χ1) is 11.2. The number of benzene rings is 1. The van der Waals surface area contributed by atoms with Gasteiger partial charge in [-0.2, -0.15) is 0 Å². The topological polar surface area (TPSA) is 39.7 Å².